The summed E-state index contributed by atoms with van der Waals surface area (Å²) in [6.07, 6.45) is 1.50. The fourth-order valence-corrected chi connectivity index (χ4v) is 2.36. The van der Waals surface area contributed by atoms with Crippen molar-refractivity contribution >= 4 is 83.0 Å². The smallest absolute Gasteiger partial charge is 0.326 e. The number of halogens is 4. The van der Waals surface area contributed by atoms with Crippen LogP contribution in [0.5, 0.6) is 0 Å². The first-order valence-corrected chi connectivity index (χ1v) is 12.9. The number of hydrogen-bond acceptors (Lipinski definition) is 16. The van der Waals surface area contributed by atoms with Gasteiger partial charge in [0.05, 0.1) is 0 Å². The highest BCUT2D eigenvalue weighted by atomic mass is 35.5. The topological polar surface area (TPSA) is 353 Å². The summed E-state index contributed by atoms with van der Waals surface area (Å²) in [5, 5.41) is 0.118. The summed E-state index contributed by atoms with van der Waals surface area (Å²) in [7, 11) is 6.75. The van der Waals surface area contributed by atoms with E-state index in [1.54, 1.807) is 28.2 Å². The van der Waals surface area contributed by atoms with Crippen LogP contribution in [-0.4, -0.2) is 101 Å². The van der Waals surface area contributed by atoms with E-state index < -0.39 is 22.5 Å². The van der Waals surface area contributed by atoms with Gasteiger partial charge in [-0.3, -0.25) is 39.1 Å². The van der Waals surface area contributed by atoms with Crippen molar-refractivity contribution in [1.82, 2.24) is 59.6 Å². The monoisotopic (exact) mass is 728 g/mol. The summed E-state index contributed by atoms with van der Waals surface area (Å²) >= 11 is 21.2. The average molecular weight is 730 g/mol. The van der Waals surface area contributed by atoms with Gasteiger partial charge in [-0.1, -0.05) is 23.2 Å². The molecule has 2 amide bonds. The number of amides is 2. The summed E-state index contributed by atoms with van der Waals surface area (Å²) in [6.45, 7) is 0. The Kier molecular flexibility index (Phi) is 21.5. The number of nitrogen functional groups attached to an aromatic ring is 4. The lowest BCUT2D eigenvalue weighted by Gasteiger charge is -1.93. The van der Waals surface area contributed by atoms with Gasteiger partial charge in [-0.05, 0) is 23.2 Å². The number of aromatic amines is 4. The number of nitrogens with two attached hydrogens (primary N) is 4. The number of hydrogen-bond donors (Lipinski definition) is 8. The summed E-state index contributed by atoms with van der Waals surface area (Å²) in [5.74, 6) is 0.139. The Hall–Kier alpha value is -5.32. The first-order valence-electron chi connectivity index (χ1n) is 11.3. The Labute approximate surface area is 277 Å². The van der Waals surface area contributed by atoms with E-state index in [0.29, 0.717) is 0 Å². The van der Waals surface area contributed by atoms with Crippen molar-refractivity contribution in [2.75, 3.05) is 51.1 Å². The van der Waals surface area contributed by atoms with Gasteiger partial charge in [0, 0.05) is 40.3 Å². The number of nitrogens with zero attached hydrogens (tertiary/aromatic N) is 8. The van der Waals surface area contributed by atoms with Crippen LogP contribution in [0.25, 0.3) is 0 Å². The minimum Gasteiger partial charge on any atom is -0.368 e. The van der Waals surface area contributed by atoms with Crippen LogP contribution in [0.1, 0.15) is 0 Å². The molecule has 4 rings (SSSR count). The van der Waals surface area contributed by atoms with E-state index in [0.717, 1.165) is 25.0 Å². The molecule has 0 aromatic carbocycles. The Morgan fingerprint density at radius 3 is 0.935 bits per heavy atom. The molecule has 0 atom stereocenters. The van der Waals surface area contributed by atoms with Crippen LogP contribution in [0.4, 0.5) is 23.8 Å². The van der Waals surface area contributed by atoms with Gasteiger partial charge in [-0.15, -0.1) is 0 Å². The summed E-state index contributed by atoms with van der Waals surface area (Å²) in [5.41, 5.74) is 18.4. The molecule has 0 radical (unpaired) electrons. The molecule has 0 saturated carbocycles. The van der Waals surface area contributed by atoms with Crippen LogP contribution >= 0.6 is 46.4 Å². The lowest BCUT2D eigenvalue weighted by atomic mass is 10.7. The molecule has 0 aliphatic rings. The van der Waals surface area contributed by atoms with E-state index in [4.69, 9.17) is 69.3 Å². The second-order valence-corrected chi connectivity index (χ2v) is 9.14. The van der Waals surface area contributed by atoms with Crippen LogP contribution in [0.3, 0.4) is 0 Å². The predicted molar refractivity (Wildman–Crippen MR) is 172 cm³/mol. The van der Waals surface area contributed by atoms with Crippen LogP contribution in [0.15, 0.2) is 31.3 Å². The Bertz CT molecular complexity index is 1460. The molecule has 0 saturated heterocycles. The van der Waals surface area contributed by atoms with E-state index in [9.17, 15) is 28.8 Å². The van der Waals surface area contributed by atoms with E-state index >= 15 is 0 Å². The number of carbonyl (C=O) groups excluding carboxylic acids is 2. The van der Waals surface area contributed by atoms with Crippen molar-refractivity contribution in [3.05, 3.63) is 74.7 Å². The highest BCUT2D eigenvalue weighted by Gasteiger charge is 1.96. The maximum absolute atomic E-state index is 10.4. The summed E-state index contributed by atoms with van der Waals surface area (Å²) < 4.78 is 0. The zero-order chi connectivity index (χ0) is 36.0. The molecular weight excluding hydrogens is 702 g/mol. The van der Waals surface area contributed by atoms with Gasteiger partial charge in [0.15, 0.2) is 0 Å². The summed E-state index contributed by atoms with van der Waals surface area (Å²) in [6, 6.07) is 2.17. The number of H-pyrrole nitrogens is 4. The highest BCUT2D eigenvalue weighted by molar-refractivity contribution is 6.29. The predicted octanol–water partition coefficient (Wildman–Crippen LogP) is -1.78. The van der Waals surface area contributed by atoms with E-state index in [1.807, 2.05) is 9.97 Å². The number of anilines is 4. The fourth-order valence-electron chi connectivity index (χ4n) is 1.64. The number of rotatable bonds is 2. The van der Waals surface area contributed by atoms with E-state index in [2.05, 4.69) is 39.9 Å². The molecule has 46 heavy (non-hydrogen) atoms. The second kappa shape index (κ2) is 23.1. The molecule has 4 aromatic rings. The van der Waals surface area contributed by atoms with Crippen LogP contribution < -0.4 is 45.4 Å². The zero-order valence-electron chi connectivity index (χ0n) is 24.2. The molecule has 0 aliphatic carbocycles. The molecular formula is C20H28Cl4N16O6. The molecule has 0 aliphatic heterocycles. The number of carbonyl (C=O) groups is 2. The molecule has 12 N–H and O–H groups in total. The SMILES string of the molecule is CN(C)C=O.CN(C)C=O.Nc1nc(N)nc(Cl)n1.Nc1nc(N)nc(Cl)n1.O=c1cc(Cl)[nH]c(=O)[nH]1.O=c1cc(Cl)[nH]c(=O)[nH]1. The Balaban J connectivity index is 0. The van der Waals surface area contributed by atoms with Crippen molar-refractivity contribution in [2.24, 2.45) is 0 Å². The van der Waals surface area contributed by atoms with Crippen LogP contribution in [0, 0.1) is 0 Å². The molecule has 0 unspecified atom stereocenters. The Morgan fingerprint density at radius 2 is 0.783 bits per heavy atom. The number of aromatic nitrogens is 10. The maximum atomic E-state index is 10.4. The molecule has 0 bridgehead atoms. The lowest BCUT2D eigenvalue weighted by Crippen LogP contribution is -2.20. The normalized spacial score (nSPS) is 8.87. The molecule has 252 valence electrons. The van der Waals surface area contributed by atoms with Gasteiger partial charge in [-0.25, -0.2) is 9.59 Å². The maximum Gasteiger partial charge on any atom is 0.326 e. The van der Waals surface area contributed by atoms with Crippen molar-refractivity contribution in [3.8, 4) is 0 Å². The third-order valence-corrected chi connectivity index (χ3v) is 3.91. The van der Waals surface area contributed by atoms with Crippen LogP contribution in [0.2, 0.25) is 20.9 Å². The van der Waals surface area contributed by atoms with Gasteiger partial charge in [0.25, 0.3) is 11.1 Å². The summed E-state index contributed by atoms with van der Waals surface area (Å²) in [4.78, 5) is 92.2. The molecule has 4 heterocycles. The fraction of sp³-hybridized carbons (Fsp3) is 0.200. The molecule has 0 spiro atoms. The van der Waals surface area contributed by atoms with Gasteiger partial charge >= 0.3 is 11.4 Å². The van der Waals surface area contributed by atoms with E-state index in [-0.39, 0.29) is 44.7 Å². The van der Waals surface area contributed by atoms with E-state index in [1.165, 1.54) is 9.80 Å². The first kappa shape index (κ1) is 42.8. The Morgan fingerprint density at radius 1 is 0.543 bits per heavy atom. The quantitative estimate of drug-likeness (QED) is 0.0835. The first-order chi connectivity index (χ1) is 21.3. The highest BCUT2D eigenvalue weighted by Crippen LogP contribution is 2.03. The second-order valence-electron chi connectivity index (χ2n) is 7.65. The van der Waals surface area contributed by atoms with Crippen molar-refractivity contribution in [2.45, 2.75) is 0 Å². The van der Waals surface area contributed by atoms with Crippen LogP contribution in [-0.2, 0) is 9.59 Å². The van der Waals surface area contributed by atoms with Crippen molar-refractivity contribution in [1.29, 1.82) is 0 Å². The van der Waals surface area contributed by atoms with Gasteiger partial charge in [0.1, 0.15) is 10.3 Å². The lowest BCUT2D eigenvalue weighted by molar-refractivity contribution is -0.116. The minimum absolute atomic E-state index is 0.0139. The van der Waals surface area contributed by atoms with Gasteiger partial charge < -0.3 is 32.7 Å². The van der Waals surface area contributed by atoms with Crippen molar-refractivity contribution in [3.63, 3.8) is 0 Å². The largest absolute Gasteiger partial charge is 0.368 e. The standard InChI is InChI=1S/2C4H3ClN2O2.2C3H4ClN5.2C3H7NO/c2*5-2-1-3(8)7-4(9)6-2;2*4-1-7-2(5)9-3(6)8-1;2*1-4(2)3-5/h2*1H,(H2,6,7,8,9);2*(H4,5,6,7,8,9);2*3H,1-2H3. The van der Waals surface area contributed by atoms with Gasteiger partial charge in [-0.2, -0.15) is 29.9 Å². The molecule has 4 aromatic heterocycles. The average Bonchev–Trinajstić information content (AvgIpc) is 2.87. The molecule has 26 heteroatoms. The molecule has 0 fully saturated rings. The zero-order valence-corrected chi connectivity index (χ0v) is 27.2. The third kappa shape index (κ3) is 25.2. The number of nitrogens with one attached hydrogen (secondary N) is 4. The third-order valence-electron chi connectivity index (χ3n) is 3.16. The van der Waals surface area contributed by atoms with Crippen molar-refractivity contribution < 1.29 is 9.59 Å². The minimum atomic E-state index is -0.590. The molecule has 22 nitrogen and oxygen atoms in total. The van der Waals surface area contributed by atoms with Gasteiger partial charge in [0.2, 0.25) is 47.2 Å².